The highest BCUT2D eigenvalue weighted by Crippen LogP contribution is 2.27. The Kier molecular flexibility index (Phi) is 5.76. The first-order valence-electron chi connectivity index (χ1n) is 8.14. The second kappa shape index (κ2) is 8.01. The maximum atomic E-state index is 6.24. The van der Waals surface area contributed by atoms with Crippen molar-refractivity contribution in [3.05, 3.63) is 45.6 Å². The third-order valence-corrected chi connectivity index (χ3v) is 4.86. The predicted molar refractivity (Wildman–Crippen MR) is 99.9 cm³/mol. The second-order valence-electron chi connectivity index (χ2n) is 5.96. The molecule has 0 unspecified atom stereocenters. The summed E-state index contributed by atoms with van der Waals surface area (Å²) in [5.74, 6) is 0.985. The minimum atomic E-state index is 0.249. The lowest BCUT2D eigenvalue weighted by Crippen LogP contribution is -2.26. The van der Waals surface area contributed by atoms with E-state index in [1.54, 1.807) is 0 Å². The summed E-state index contributed by atoms with van der Waals surface area (Å²) in [6.45, 7) is 4.21. The molecule has 1 aliphatic heterocycles. The van der Waals surface area contributed by atoms with Gasteiger partial charge in [-0.1, -0.05) is 29.3 Å². The van der Waals surface area contributed by atoms with Crippen molar-refractivity contribution >= 4 is 35.0 Å². The number of aromatic nitrogens is 2. The summed E-state index contributed by atoms with van der Waals surface area (Å²) in [5, 5.41) is 4.59. The normalized spacial score (nSPS) is 14.9. The lowest BCUT2D eigenvalue weighted by molar-refractivity contribution is 0.352. The number of benzene rings is 1. The van der Waals surface area contributed by atoms with Gasteiger partial charge in [-0.3, -0.25) is 0 Å². The van der Waals surface area contributed by atoms with Crippen LogP contribution in [0.2, 0.25) is 10.0 Å². The molecule has 1 saturated heterocycles. The first-order valence-corrected chi connectivity index (χ1v) is 8.90. The van der Waals surface area contributed by atoms with Gasteiger partial charge in [0, 0.05) is 35.6 Å². The number of nitrogen functional groups attached to an aromatic ring is 1. The minimum Gasteiger partial charge on any atom is -0.369 e. The third-order valence-electron chi connectivity index (χ3n) is 4.15. The van der Waals surface area contributed by atoms with Crippen LogP contribution in [0.15, 0.2) is 24.3 Å². The van der Waals surface area contributed by atoms with Gasteiger partial charge in [0.05, 0.1) is 5.69 Å². The maximum Gasteiger partial charge on any atom is 0.222 e. The van der Waals surface area contributed by atoms with E-state index in [2.05, 4.69) is 20.2 Å². The van der Waals surface area contributed by atoms with Crippen molar-refractivity contribution in [3.63, 3.8) is 0 Å². The Hall–Kier alpha value is -1.56. The summed E-state index contributed by atoms with van der Waals surface area (Å²) in [4.78, 5) is 11.0. The zero-order valence-electron chi connectivity index (χ0n) is 13.4. The van der Waals surface area contributed by atoms with E-state index >= 15 is 0 Å². The van der Waals surface area contributed by atoms with E-state index in [9.17, 15) is 0 Å². The van der Waals surface area contributed by atoms with Gasteiger partial charge in [-0.2, -0.15) is 4.98 Å². The number of nitrogens with zero attached hydrogens (tertiary/aromatic N) is 3. The molecule has 0 aliphatic carbocycles. The number of anilines is 2. The monoisotopic (exact) mass is 365 g/mol. The van der Waals surface area contributed by atoms with Crippen LogP contribution in [-0.4, -0.2) is 41.0 Å². The molecular weight excluding hydrogens is 345 g/mol. The van der Waals surface area contributed by atoms with E-state index in [4.69, 9.17) is 28.9 Å². The number of halogens is 2. The number of rotatable bonds is 6. The maximum absolute atomic E-state index is 6.24. The summed E-state index contributed by atoms with van der Waals surface area (Å²) in [5.41, 5.74) is 7.49. The highest BCUT2D eigenvalue weighted by molar-refractivity contribution is 6.36. The molecule has 2 aromatic rings. The number of hydrogen-bond donors (Lipinski definition) is 2. The molecule has 3 N–H and O–H groups in total. The van der Waals surface area contributed by atoms with E-state index in [0.717, 1.165) is 30.2 Å². The standard InChI is InChI=1S/C17H21Cl2N5/c18-14-4-3-5-15(19)13(14)10-12-11-16(23-17(20)22-12)21-6-9-24-7-1-2-8-24/h3-5,11H,1-2,6-10H2,(H3,20,21,22,23). The summed E-state index contributed by atoms with van der Waals surface area (Å²) in [6, 6.07) is 7.37. The van der Waals surface area contributed by atoms with Crippen LogP contribution < -0.4 is 11.1 Å². The smallest absolute Gasteiger partial charge is 0.222 e. The van der Waals surface area contributed by atoms with Crippen molar-refractivity contribution in [2.75, 3.05) is 37.2 Å². The average Bonchev–Trinajstić information content (AvgIpc) is 3.04. The number of hydrogen-bond acceptors (Lipinski definition) is 5. The summed E-state index contributed by atoms with van der Waals surface area (Å²) < 4.78 is 0. The van der Waals surface area contributed by atoms with Gasteiger partial charge in [-0.05, 0) is 43.6 Å². The molecule has 1 fully saturated rings. The van der Waals surface area contributed by atoms with Crippen LogP contribution in [0.5, 0.6) is 0 Å². The molecule has 0 radical (unpaired) electrons. The van der Waals surface area contributed by atoms with Crippen molar-refractivity contribution in [1.82, 2.24) is 14.9 Å². The van der Waals surface area contributed by atoms with E-state index in [0.29, 0.717) is 16.5 Å². The average molecular weight is 366 g/mol. The number of nitrogens with one attached hydrogen (secondary N) is 1. The zero-order valence-corrected chi connectivity index (χ0v) is 14.9. The molecule has 1 aromatic heterocycles. The quantitative estimate of drug-likeness (QED) is 0.820. The van der Waals surface area contributed by atoms with Crippen LogP contribution in [0.1, 0.15) is 24.1 Å². The minimum absolute atomic E-state index is 0.249. The Bertz CT molecular complexity index is 681. The van der Waals surface area contributed by atoms with Crippen LogP contribution in [-0.2, 0) is 6.42 Å². The van der Waals surface area contributed by atoms with Crippen molar-refractivity contribution in [2.45, 2.75) is 19.3 Å². The van der Waals surface area contributed by atoms with Crippen LogP contribution >= 0.6 is 23.2 Å². The molecule has 24 heavy (non-hydrogen) atoms. The fraction of sp³-hybridized carbons (Fsp3) is 0.412. The summed E-state index contributed by atoms with van der Waals surface area (Å²) in [6.07, 6.45) is 3.11. The van der Waals surface area contributed by atoms with E-state index in [1.807, 2.05) is 24.3 Å². The Balaban J connectivity index is 1.67. The molecule has 7 heteroatoms. The molecular formula is C17H21Cl2N5. The van der Waals surface area contributed by atoms with Gasteiger partial charge >= 0.3 is 0 Å². The fourth-order valence-electron chi connectivity index (χ4n) is 2.93. The molecule has 0 atom stereocenters. The van der Waals surface area contributed by atoms with Crippen LogP contribution in [0.4, 0.5) is 11.8 Å². The molecule has 0 amide bonds. The number of nitrogens with two attached hydrogens (primary N) is 1. The van der Waals surface area contributed by atoms with Gasteiger partial charge in [0.25, 0.3) is 0 Å². The van der Waals surface area contributed by atoms with Gasteiger partial charge in [-0.25, -0.2) is 4.98 Å². The highest BCUT2D eigenvalue weighted by Gasteiger charge is 2.12. The lowest BCUT2D eigenvalue weighted by Gasteiger charge is -2.15. The van der Waals surface area contributed by atoms with Gasteiger partial charge in [-0.15, -0.1) is 0 Å². The molecule has 0 saturated carbocycles. The molecule has 0 bridgehead atoms. The molecule has 5 nitrogen and oxygen atoms in total. The van der Waals surface area contributed by atoms with Gasteiger partial charge < -0.3 is 16.0 Å². The molecule has 2 heterocycles. The number of likely N-dealkylation sites (tertiary alicyclic amines) is 1. The van der Waals surface area contributed by atoms with Crippen LogP contribution in [0.3, 0.4) is 0 Å². The summed E-state index contributed by atoms with van der Waals surface area (Å²) in [7, 11) is 0. The first-order chi connectivity index (χ1) is 11.6. The Morgan fingerprint density at radius 3 is 2.54 bits per heavy atom. The lowest BCUT2D eigenvalue weighted by atomic mass is 10.1. The topological polar surface area (TPSA) is 67.1 Å². The predicted octanol–water partition coefficient (Wildman–Crippen LogP) is 3.46. The summed E-state index contributed by atoms with van der Waals surface area (Å²) >= 11 is 12.5. The van der Waals surface area contributed by atoms with Gasteiger partial charge in [0.15, 0.2) is 0 Å². The second-order valence-corrected chi connectivity index (χ2v) is 6.77. The molecule has 0 spiro atoms. The molecule has 1 aliphatic rings. The Morgan fingerprint density at radius 1 is 1.12 bits per heavy atom. The fourth-order valence-corrected chi connectivity index (χ4v) is 3.46. The van der Waals surface area contributed by atoms with Crippen LogP contribution in [0.25, 0.3) is 0 Å². The van der Waals surface area contributed by atoms with Crippen LogP contribution in [0, 0.1) is 0 Å². The molecule has 128 valence electrons. The first kappa shape index (κ1) is 17.3. The van der Waals surface area contributed by atoms with Crippen molar-refractivity contribution in [2.24, 2.45) is 0 Å². The molecule has 1 aromatic carbocycles. The molecule has 3 rings (SSSR count). The van der Waals surface area contributed by atoms with Crippen molar-refractivity contribution in [3.8, 4) is 0 Å². The Morgan fingerprint density at radius 2 is 1.83 bits per heavy atom. The zero-order chi connectivity index (χ0) is 16.9. The highest BCUT2D eigenvalue weighted by atomic mass is 35.5. The van der Waals surface area contributed by atoms with Gasteiger partial charge in [0.1, 0.15) is 5.82 Å². The van der Waals surface area contributed by atoms with E-state index in [1.165, 1.54) is 25.9 Å². The van der Waals surface area contributed by atoms with Crippen molar-refractivity contribution < 1.29 is 0 Å². The third kappa shape index (κ3) is 4.50. The SMILES string of the molecule is Nc1nc(Cc2c(Cl)cccc2Cl)cc(NCCN2CCCC2)n1. The van der Waals surface area contributed by atoms with Crippen molar-refractivity contribution in [1.29, 1.82) is 0 Å². The van der Waals surface area contributed by atoms with Gasteiger partial charge in [0.2, 0.25) is 5.95 Å². The van der Waals surface area contributed by atoms with E-state index in [-0.39, 0.29) is 5.95 Å². The largest absolute Gasteiger partial charge is 0.369 e. The van der Waals surface area contributed by atoms with E-state index < -0.39 is 0 Å². The Labute approximate surface area is 152 Å².